The predicted molar refractivity (Wildman–Crippen MR) is 102 cm³/mol. The van der Waals surface area contributed by atoms with Crippen LogP contribution in [0.3, 0.4) is 0 Å². The monoisotopic (exact) mass is 409 g/mol. The largest absolute Gasteiger partial charge is 0.454 e. The van der Waals surface area contributed by atoms with Gasteiger partial charge in [0.2, 0.25) is 18.6 Å². The van der Waals surface area contributed by atoms with Crippen LogP contribution in [0.4, 0.5) is 5.82 Å². The van der Waals surface area contributed by atoms with Crippen molar-refractivity contribution < 1.29 is 28.3 Å². The molecule has 9 heteroatoms. The predicted octanol–water partition coefficient (Wildman–Crippen LogP) is 1.31. The van der Waals surface area contributed by atoms with Crippen molar-refractivity contribution in [2.24, 2.45) is 11.8 Å². The molecule has 154 valence electrons. The second-order valence-corrected chi connectivity index (χ2v) is 8.03. The third kappa shape index (κ3) is 2.41. The van der Waals surface area contributed by atoms with Crippen molar-refractivity contribution in [3.63, 3.8) is 0 Å². The normalized spacial score (nSPS) is 30.2. The second kappa shape index (κ2) is 6.09. The maximum atomic E-state index is 13.2. The molecule has 2 fully saturated rings. The number of ether oxygens (including phenoxy) is 3. The van der Waals surface area contributed by atoms with Crippen molar-refractivity contribution in [2.75, 3.05) is 18.2 Å². The van der Waals surface area contributed by atoms with Crippen molar-refractivity contribution in [1.29, 1.82) is 0 Å². The fourth-order valence-corrected chi connectivity index (χ4v) is 4.83. The smallest absolute Gasteiger partial charge is 0.235 e. The topological polar surface area (TPSA) is 103 Å². The van der Waals surface area contributed by atoms with E-state index in [1.165, 1.54) is 0 Å². The molecule has 4 aliphatic rings. The van der Waals surface area contributed by atoms with E-state index in [0.29, 0.717) is 36.2 Å². The van der Waals surface area contributed by atoms with Gasteiger partial charge >= 0.3 is 0 Å². The molecule has 2 bridgehead atoms. The van der Waals surface area contributed by atoms with Gasteiger partial charge in [-0.1, -0.05) is 23.4 Å². The molecule has 30 heavy (non-hydrogen) atoms. The summed E-state index contributed by atoms with van der Waals surface area (Å²) >= 11 is 0. The summed E-state index contributed by atoms with van der Waals surface area (Å²) in [6.07, 6.45) is 3.39. The number of anilines is 1. The first-order valence-corrected chi connectivity index (χ1v) is 9.82. The zero-order valence-corrected chi connectivity index (χ0v) is 16.2. The molecule has 1 aromatic heterocycles. The Bertz CT molecular complexity index is 1090. The molecular formula is C21H19N3O6. The van der Waals surface area contributed by atoms with Crippen LogP contribution in [-0.2, 0) is 20.9 Å². The average molecular weight is 409 g/mol. The summed E-state index contributed by atoms with van der Waals surface area (Å²) in [7, 11) is 0. The molecule has 6 rings (SSSR count). The Morgan fingerprint density at radius 1 is 1.30 bits per heavy atom. The van der Waals surface area contributed by atoms with E-state index in [1.807, 2.05) is 30.4 Å². The van der Waals surface area contributed by atoms with Gasteiger partial charge in [-0.3, -0.25) is 14.5 Å². The number of aromatic nitrogens is 1. The highest BCUT2D eigenvalue weighted by molar-refractivity contribution is 6.02. The summed E-state index contributed by atoms with van der Waals surface area (Å²) in [6, 6.07) is 7.25. The van der Waals surface area contributed by atoms with E-state index in [4.69, 9.17) is 18.7 Å². The van der Waals surface area contributed by atoms with E-state index < -0.39 is 23.5 Å². The van der Waals surface area contributed by atoms with Crippen LogP contribution < -0.4 is 19.7 Å². The number of benzene rings is 1. The van der Waals surface area contributed by atoms with Crippen LogP contribution in [-0.4, -0.2) is 42.0 Å². The Kier molecular flexibility index (Phi) is 3.55. The molecule has 0 aliphatic carbocycles. The van der Waals surface area contributed by atoms with E-state index in [2.05, 4.69) is 10.5 Å². The molecule has 4 aliphatic heterocycles. The molecule has 1 N–H and O–H groups in total. The Morgan fingerprint density at radius 3 is 3.00 bits per heavy atom. The molecular weight excluding hydrogens is 390 g/mol. The molecule has 4 atom stereocenters. The van der Waals surface area contributed by atoms with Gasteiger partial charge in [-0.15, -0.1) is 0 Å². The Morgan fingerprint density at radius 2 is 2.17 bits per heavy atom. The maximum Gasteiger partial charge on any atom is 0.235 e. The van der Waals surface area contributed by atoms with E-state index in [1.54, 1.807) is 17.9 Å². The van der Waals surface area contributed by atoms with E-state index in [0.717, 1.165) is 5.56 Å². The number of hydrogen-bond donors (Lipinski definition) is 1. The first-order valence-electron chi connectivity index (χ1n) is 9.82. The minimum Gasteiger partial charge on any atom is -0.454 e. The third-order valence-electron chi connectivity index (χ3n) is 6.20. The van der Waals surface area contributed by atoms with E-state index >= 15 is 0 Å². The summed E-state index contributed by atoms with van der Waals surface area (Å²) in [5.74, 6) is 0.872. The average Bonchev–Trinajstić information content (AvgIpc) is 3.53. The molecule has 1 spiro atoms. The second-order valence-electron chi connectivity index (χ2n) is 8.03. The number of aryl methyl sites for hydroxylation is 1. The minimum atomic E-state index is -0.796. The Labute approximate surface area is 171 Å². The molecule has 5 heterocycles. The van der Waals surface area contributed by atoms with Crippen LogP contribution >= 0.6 is 0 Å². The molecule has 9 nitrogen and oxygen atoms in total. The lowest BCUT2D eigenvalue weighted by Gasteiger charge is -2.23. The highest BCUT2D eigenvalue weighted by Gasteiger charge is 2.67. The van der Waals surface area contributed by atoms with Crippen molar-refractivity contribution in [2.45, 2.75) is 25.2 Å². The van der Waals surface area contributed by atoms with Gasteiger partial charge in [-0.2, -0.15) is 0 Å². The van der Waals surface area contributed by atoms with Crippen LogP contribution in [0, 0.1) is 18.8 Å². The molecule has 0 saturated carbocycles. The fraction of sp³-hybridized carbons (Fsp3) is 0.381. The minimum absolute atomic E-state index is 0.168. The summed E-state index contributed by atoms with van der Waals surface area (Å²) in [5.41, 5.74) is 0.0920. The Hall–Kier alpha value is -3.33. The van der Waals surface area contributed by atoms with Crippen LogP contribution in [0.5, 0.6) is 11.5 Å². The number of rotatable bonds is 4. The lowest BCUT2D eigenvalue weighted by Crippen LogP contribution is -2.44. The number of fused-ring (bicyclic) bond motifs is 2. The van der Waals surface area contributed by atoms with Gasteiger partial charge in [0.25, 0.3) is 0 Å². The molecule has 0 unspecified atom stereocenters. The van der Waals surface area contributed by atoms with Gasteiger partial charge in [-0.25, -0.2) is 0 Å². The van der Waals surface area contributed by atoms with Gasteiger partial charge < -0.3 is 24.1 Å². The van der Waals surface area contributed by atoms with Gasteiger partial charge in [0.1, 0.15) is 11.4 Å². The number of carbonyl (C=O) groups excluding carboxylic acids is 2. The quantitative estimate of drug-likeness (QED) is 0.760. The zero-order valence-electron chi connectivity index (χ0n) is 16.2. The van der Waals surface area contributed by atoms with Gasteiger partial charge in [0.15, 0.2) is 17.3 Å². The van der Waals surface area contributed by atoms with Gasteiger partial charge in [0.05, 0.1) is 24.5 Å². The Balaban J connectivity index is 1.21. The molecule has 0 radical (unpaired) electrons. The standard InChI is InChI=1S/C21H19N3O6/c1-11-6-16(23-30-11)24-9-21-5-4-14(29-21)17(18(21)20(24)26)19(25)22-8-12-2-3-13-15(7-12)28-10-27-13/h2-7,14,17-18H,8-10H2,1H3,(H,22,25)/t14-,17+,18+,21+/m0/s1. The zero-order chi connectivity index (χ0) is 20.5. The van der Waals surface area contributed by atoms with Crippen molar-refractivity contribution in [3.05, 3.63) is 47.7 Å². The van der Waals surface area contributed by atoms with Crippen molar-refractivity contribution >= 4 is 17.6 Å². The summed E-state index contributed by atoms with van der Waals surface area (Å²) < 4.78 is 21.9. The first-order chi connectivity index (χ1) is 14.5. The SMILES string of the molecule is Cc1cc(N2C[C@@]34C=C[C@H](O3)[C@@H](C(=O)NCc3ccc5c(c3)OCO5)[C@@H]4C2=O)no1. The highest BCUT2D eigenvalue weighted by Crippen LogP contribution is 2.52. The van der Waals surface area contributed by atoms with Crippen LogP contribution in [0.1, 0.15) is 11.3 Å². The molecule has 2 aromatic rings. The number of amides is 2. The van der Waals surface area contributed by atoms with Crippen molar-refractivity contribution in [1.82, 2.24) is 10.5 Å². The van der Waals surface area contributed by atoms with Crippen LogP contribution in [0.2, 0.25) is 0 Å². The van der Waals surface area contributed by atoms with Gasteiger partial charge in [0, 0.05) is 12.6 Å². The first kappa shape index (κ1) is 17.5. The molecule has 1 aromatic carbocycles. The van der Waals surface area contributed by atoms with Crippen LogP contribution in [0.15, 0.2) is 40.9 Å². The maximum absolute atomic E-state index is 13.2. The van der Waals surface area contributed by atoms with Crippen molar-refractivity contribution in [3.8, 4) is 11.5 Å². The number of nitrogens with one attached hydrogen (secondary N) is 1. The van der Waals surface area contributed by atoms with Crippen LogP contribution in [0.25, 0.3) is 0 Å². The summed E-state index contributed by atoms with van der Waals surface area (Å²) in [6.45, 7) is 2.61. The van der Waals surface area contributed by atoms with E-state index in [9.17, 15) is 9.59 Å². The molecule has 2 saturated heterocycles. The number of hydrogen-bond acceptors (Lipinski definition) is 7. The third-order valence-corrected chi connectivity index (χ3v) is 6.20. The lowest BCUT2D eigenvalue weighted by molar-refractivity contribution is -0.132. The number of carbonyl (C=O) groups is 2. The van der Waals surface area contributed by atoms with E-state index in [-0.39, 0.29) is 18.6 Å². The van der Waals surface area contributed by atoms with Gasteiger partial charge in [-0.05, 0) is 24.6 Å². The summed E-state index contributed by atoms with van der Waals surface area (Å²) in [4.78, 5) is 27.9. The lowest BCUT2D eigenvalue weighted by atomic mass is 9.77. The summed E-state index contributed by atoms with van der Waals surface area (Å²) in [5, 5.41) is 6.91. The highest BCUT2D eigenvalue weighted by atomic mass is 16.7. The molecule has 2 amide bonds. The fourth-order valence-electron chi connectivity index (χ4n) is 4.83. The number of nitrogens with zero attached hydrogens (tertiary/aromatic N) is 2.